The SMILES string of the molecule is O=C(O)CCc1ccc(-c2ccc(C34c5c6ccc7c5[C@@]5(c8ccc(-c9ccc(CCC(=O)O)cc9)cc8)C8=C9C%10=C(C83Cl)[C@@]3(c8ccc(-c%11ccc(CCC(=O)O)cc%11)cc8)c8c(ccc-6c84)-c4ccc6c(c43)[C@@]%10(c3ccc(-c4ccc(CCC(=O)O)cc4)cc3)c3c-6ccc4c3[C@@]9(c3ccc(-c6ccc(CCC(=O)O)cc6)cc3)c3c-4ccc-7c35)cc2)cc1. The Kier molecular flexibility index (Phi) is 14.7. The molecule has 0 heterocycles. The van der Waals surface area contributed by atoms with Crippen molar-refractivity contribution >= 4 is 41.4 Å². The minimum atomic E-state index is -1.54. The molecule has 26 rings (SSSR count). The number of carbonyl (C=O) groups is 5. The first kappa shape index (κ1) is 73.0. The Morgan fingerprint density at radius 1 is 0.198 bits per heavy atom. The van der Waals surface area contributed by atoms with Crippen LogP contribution in [0, 0.1) is 0 Å². The van der Waals surface area contributed by atoms with Gasteiger partial charge in [0.05, 0.1) is 27.1 Å². The van der Waals surface area contributed by atoms with Crippen LogP contribution in [0.1, 0.15) is 143 Å². The van der Waals surface area contributed by atoms with Gasteiger partial charge in [-0.05, 0) is 277 Å². The Morgan fingerprint density at radius 3 is 0.556 bits per heavy atom. The first-order chi connectivity index (χ1) is 61.4. The summed E-state index contributed by atoms with van der Waals surface area (Å²) in [4.78, 5) is 58.1. The molecule has 0 spiro atoms. The van der Waals surface area contributed by atoms with Gasteiger partial charge in [-0.1, -0.05) is 303 Å². The zero-order chi connectivity index (χ0) is 84.7. The average molecular weight is 1650 g/mol. The predicted molar refractivity (Wildman–Crippen MR) is 488 cm³/mol. The topological polar surface area (TPSA) is 186 Å². The third kappa shape index (κ3) is 8.79. The van der Waals surface area contributed by atoms with Crippen molar-refractivity contribution in [2.75, 3.05) is 0 Å². The molecule has 11 heteroatoms. The Labute approximate surface area is 730 Å². The van der Waals surface area contributed by atoms with Gasteiger partial charge in [0.25, 0.3) is 0 Å². The minimum absolute atomic E-state index is 0.0303. The maximum Gasteiger partial charge on any atom is 0.303 e. The van der Waals surface area contributed by atoms with Crippen molar-refractivity contribution < 1.29 is 49.5 Å². The van der Waals surface area contributed by atoms with Crippen molar-refractivity contribution in [2.24, 2.45) is 0 Å². The molecule has 0 radical (unpaired) electrons. The Balaban J connectivity index is 0.832. The van der Waals surface area contributed by atoms with Crippen LogP contribution in [0.3, 0.4) is 0 Å². The summed E-state index contributed by atoms with van der Waals surface area (Å²) in [5, 5.41) is 48.9. The summed E-state index contributed by atoms with van der Waals surface area (Å²) in [5.74, 6) is -4.19. The van der Waals surface area contributed by atoms with Gasteiger partial charge >= 0.3 is 29.8 Å². The second kappa shape index (κ2) is 25.3. The lowest BCUT2D eigenvalue weighted by Crippen LogP contribution is -2.65. The van der Waals surface area contributed by atoms with Gasteiger partial charge in [0.15, 0.2) is 0 Å². The van der Waals surface area contributed by atoms with Crippen LogP contribution in [-0.4, -0.2) is 60.3 Å². The number of fused-ring (bicyclic) bond motifs is 5. The van der Waals surface area contributed by atoms with E-state index in [1.54, 1.807) is 0 Å². The zero-order valence-electron chi connectivity index (χ0n) is 68.1. The standard InChI is InChI=1S/C115H75ClO10/c116-115-108-106-107-109(115)113(79-42-32-74(33-43-79)69-22-7-64(8-23-69)14-59-94(123)124)101-86-51-49-84-82-47-46-81-83-48-50-85-87-52-54-89-90-55-53-88(86)103(113)105(90)114(115,80-44-34-75(35-45-80)70-24-9-65(10-25-70)15-60-95(125)126)104(89)102(87)112(108,78-40-30-73(31-41-78)68-20-5-63(6-21-68)13-58-93(121)122)100(85)98(83)110(106,76-36-26-71(27-37-76)66-16-1-61(2-17-66)11-56-91(117)118)96(81)97(82)111(107,99(84)101)77-38-28-72(29-39-77)67-18-3-62(4-19-67)12-57-92(119)120/h1-10,16-55H,11-15,56-60H2,(H,117,118)(H,119,120)(H,121,122)(H,123,124)(H,125,126)/t110-,111+,112-,113+,114?,115?. The van der Waals surface area contributed by atoms with Crippen LogP contribution in [0.2, 0.25) is 0 Å². The fraction of sp³-hybridized carbons (Fsp3) is 0.139. The monoisotopic (exact) mass is 1650 g/mol. The van der Waals surface area contributed by atoms with Crippen molar-refractivity contribution in [1.29, 1.82) is 0 Å². The van der Waals surface area contributed by atoms with Gasteiger partial charge in [0, 0.05) is 32.1 Å². The quantitative estimate of drug-likeness (QED) is 0.0345. The van der Waals surface area contributed by atoms with Crippen LogP contribution in [-0.2, 0) is 83.2 Å². The molecule has 126 heavy (non-hydrogen) atoms. The Morgan fingerprint density at radius 2 is 0.357 bits per heavy atom. The molecule has 0 bridgehead atoms. The number of benzene rings is 15. The van der Waals surface area contributed by atoms with Crippen molar-refractivity contribution in [3.05, 3.63) is 437 Å². The highest BCUT2D eigenvalue weighted by atomic mass is 35.5. The second-order valence-electron chi connectivity index (χ2n) is 36.3. The molecule has 11 aliphatic rings. The molecule has 10 nitrogen and oxygen atoms in total. The van der Waals surface area contributed by atoms with Gasteiger partial charge in [-0.3, -0.25) is 24.0 Å². The highest BCUT2D eigenvalue weighted by Gasteiger charge is 2.87. The van der Waals surface area contributed by atoms with Gasteiger partial charge in [0.2, 0.25) is 0 Å². The number of halogens is 1. The summed E-state index contributed by atoms with van der Waals surface area (Å²) in [6, 6.07) is 114. The number of carboxylic acid groups (broad SMARTS) is 5. The van der Waals surface area contributed by atoms with E-state index in [-0.39, 0.29) is 32.1 Å². The van der Waals surface area contributed by atoms with Crippen LogP contribution in [0.15, 0.2) is 326 Å². The maximum absolute atomic E-state index is 11.9. The van der Waals surface area contributed by atoms with E-state index in [4.69, 9.17) is 0 Å². The average Bonchev–Trinajstić information content (AvgIpc) is 1.39. The number of hydrogen-bond acceptors (Lipinski definition) is 5. The number of carboxylic acids is 5. The number of aliphatic carboxylic acids is 5. The van der Waals surface area contributed by atoms with Crippen LogP contribution in [0.5, 0.6) is 0 Å². The summed E-state index contributed by atoms with van der Waals surface area (Å²) < 4.78 is 0. The van der Waals surface area contributed by atoms with E-state index in [1.807, 2.05) is 0 Å². The molecule has 0 aromatic heterocycles. The lowest BCUT2D eigenvalue weighted by atomic mass is 9.40. The Hall–Kier alpha value is -14.6. The number of alkyl halides is 1. The number of rotatable bonds is 25. The molecular weight excluding hydrogens is 1580 g/mol. The van der Waals surface area contributed by atoms with E-state index in [1.165, 1.54) is 89.0 Å². The zero-order valence-corrected chi connectivity index (χ0v) is 68.8. The fourth-order valence-electron chi connectivity index (χ4n) is 26.2. The van der Waals surface area contributed by atoms with Gasteiger partial charge < -0.3 is 25.5 Å². The van der Waals surface area contributed by atoms with Crippen LogP contribution >= 0.6 is 11.6 Å². The summed E-state index contributed by atoms with van der Waals surface area (Å²) in [7, 11) is 0. The smallest absolute Gasteiger partial charge is 0.303 e. The van der Waals surface area contributed by atoms with Crippen molar-refractivity contribution in [1.82, 2.24) is 0 Å². The number of allylic oxidation sites excluding steroid dienone is 4. The summed E-state index contributed by atoms with van der Waals surface area (Å²) >= 11 is 11.0. The minimum Gasteiger partial charge on any atom is -0.481 e. The maximum atomic E-state index is 11.9. The molecule has 15 aromatic rings. The fourth-order valence-corrected chi connectivity index (χ4v) is 27.0. The number of aryl methyl sites for hydroxylation is 5. The summed E-state index contributed by atoms with van der Waals surface area (Å²) in [5.41, 5.74) is 43.6. The first-order valence-corrected chi connectivity index (χ1v) is 44.0. The molecule has 0 aliphatic heterocycles. The molecular formula is C115H75ClO10. The van der Waals surface area contributed by atoms with E-state index in [0.717, 1.165) is 156 Å². The molecule has 5 N–H and O–H groups in total. The largest absolute Gasteiger partial charge is 0.481 e. The lowest BCUT2D eigenvalue weighted by molar-refractivity contribution is -0.138. The van der Waals surface area contributed by atoms with Gasteiger partial charge in [0.1, 0.15) is 4.87 Å². The van der Waals surface area contributed by atoms with Crippen molar-refractivity contribution in [3.63, 3.8) is 0 Å². The first-order valence-electron chi connectivity index (χ1n) is 43.6. The predicted octanol–water partition coefficient (Wildman–Crippen LogP) is 23.6. The van der Waals surface area contributed by atoms with Crippen LogP contribution in [0.25, 0.3) is 111 Å². The third-order valence-electron chi connectivity index (χ3n) is 30.8. The van der Waals surface area contributed by atoms with Crippen LogP contribution < -0.4 is 0 Å². The molecule has 0 saturated heterocycles. The molecule has 602 valence electrons. The molecule has 11 aliphatic carbocycles. The molecule has 0 amide bonds. The molecule has 6 atom stereocenters. The summed E-state index contributed by atoms with van der Waals surface area (Å²) in [6.45, 7) is 0. The summed E-state index contributed by atoms with van der Waals surface area (Å²) in [6.07, 6.45) is 2.25. The van der Waals surface area contributed by atoms with Gasteiger partial charge in [-0.15, -0.1) is 11.6 Å². The van der Waals surface area contributed by atoms with Gasteiger partial charge in [-0.25, -0.2) is 0 Å². The van der Waals surface area contributed by atoms with E-state index in [9.17, 15) is 61.1 Å². The van der Waals surface area contributed by atoms with E-state index >= 15 is 0 Å². The van der Waals surface area contributed by atoms with Gasteiger partial charge in [-0.2, -0.15) is 0 Å². The normalized spacial score (nSPS) is 21.0. The molecule has 2 unspecified atom stereocenters. The second-order valence-corrected chi connectivity index (χ2v) is 36.9. The van der Waals surface area contributed by atoms with Crippen molar-refractivity contribution in [2.45, 2.75) is 96.2 Å². The third-order valence-corrected chi connectivity index (χ3v) is 31.5. The van der Waals surface area contributed by atoms with E-state index < -0.39 is 61.8 Å². The van der Waals surface area contributed by atoms with Crippen molar-refractivity contribution in [3.8, 4) is 111 Å². The van der Waals surface area contributed by atoms with Crippen LogP contribution in [0.4, 0.5) is 0 Å². The molecule has 0 fully saturated rings. The number of hydrogen-bond donors (Lipinski definition) is 5. The van der Waals surface area contributed by atoms with E-state index in [0.29, 0.717) is 32.1 Å². The molecule has 15 aromatic carbocycles. The highest BCUT2D eigenvalue weighted by molar-refractivity contribution is 6.35. The van der Waals surface area contributed by atoms with E-state index in [2.05, 4.69) is 303 Å². The lowest BCUT2D eigenvalue weighted by Gasteiger charge is -2.64. The Bertz CT molecular complexity index is 7210. The highest BCUT2D eigenvalue weighted by Crippen LogP contribution is 2.92. The molecule has 0 saturated carbocycles.